The van der Waals surface area contributed by atoms with Gasteiger partial charge in [-0.3, -0.25) is 10.1 Å². The van der Waals surface area contributed by atoms with E-state index in [2.05, 4.69) is 0 Å². The molecule has 0 aliphatic carbocycles. The second-order valence-corrected chi connectivity index (χ2v) is 4.62. The monoisotopic (exact) mass is 209 g/mol. The second kappa shape index (κ2) is 3.98. The fourth-order valence-corrected chi connectivity index (χ4v) is 1.28. The maximum absolute atomic E-state index is 10.4. The zero-order valence-corrected chi connectivity index (χ0v) is 9.10. The Kier molecular flexibility index (Phi) is 3.09. The first kappa shape index (κ1) is 11.7. The van der Waals surface area contributed by atoms with Crippen molar-refractivity contribution in [2.24, 2.45) is 5.41 Å². The molecule has 4 heteroatoms. The van der Waals surface area contributed by atoms with Gasteiger partial charge in [-0.25, -0.2) is 0 Å². The Morgan fingerprint density at radius 3 is 2.07 bits per heavy atom. The first-order chi connectivity index (χ1) is 6.82. The lowest BCUT2D eigenvalue weighted by Crippen LogP contribution is -2.17. The van der Waals surface area contributed by atoms with Crippen LogP contribution in [-0.2, 0) is 0 Å². The molecule has 0 bridgehead atoms. The van der Waals surface area contributed by atoms with Crippen molar-refractivity contribution in [3.8, 4) is 0 Å². The summed E-state index contributed by atoms with van der Waals surface area (Å²) in [5, 5.41) is 20.3. The van der Waals surface area contributed by atoms with Crippen LogP contribution >= 0.6 is 0 Å². The predicted molar refractivity (Wildman–Crippen MR) is 57.5 cm³/mol. The molecule has 1 N–H and O–H groups in total. The Morgan fingerprint density at radius 2 is 1.73 bits per heavy atom. The molecule has 1 unspecified atom stereocenters. The van der Waals surface area contributed by atoms with Crippen LogP contribution < -0.4 is 0 Å². The van der Waals surface area contributed by atoms with Crippen molar-refractivity contribution in [1.29, 1.82) is 0 Å². The van der Waals surface area contributed by atoms with Crippen LogP contribution in [0.3, 0.4) is 0 Å². The number of benzene rings is 1. The van der Waals surface area contributed by atoms with E-state index in [0.717, 1.165) is 0 Å². The predicted octanol–water partition coefficient (Wildman–Crippen LogP) is 2.67. The molecule has 82 valence electrons. The maximum Gasteiger partial charge on any atom is 0.269 e. The Morgan fingerprint density at radius 1 is 1.27 bits per heavy atom. The zero-order chi connectivity index (χ0) is 11.6. The van der Waals surface area contributed by atoms with Gasteiger partial charge in [-0.1, -0.05) is 20.8 Å². The van der Waals surface area contributed by atoms with Gasteiger partial charge >= 0.3 is 0 Å². The van der Waals surface area contributed by atoms with Gasteiger partial charge < -0.3 is 5.11 Å². The van der Waals surface area contributed by atoms with Gasteiger partial charge in [0, 0.05) is 12.1 Å². The Labute approximate surface area is 88.7 Å². The molecule has 1 rings (SSSR count). The first-order valence-corrected chi connectivity index (χ1v) is 4.75. The van der Waals surface area contributed by atoms with E-state index in [1.165, 1.54) is 12.1 Å². The average Bonchev–Trinajstić information content (AvgIpc) is 2.15. The molecule has 0 aliphatic heterocycles. The first-order valence-electron chi connectivity index (χ1n) is 4.75. The molecule has 1 aromatic carbocycles. The van der Waals surface area contributed by atoms with Crippen molar-refractivity contribution in [3.63, 3.8) is 0 Å². The average molecular weight is 209 g/mol. The van der Waals surface area contributed by atoms with Gasteiger partial charge in [0.1, 0.15) is 0 Å². The van der Waals surface area contributed by atoms with Crippen molar-refractivity contribution in [3.05, 3.63) is 39.9 Å². The Balaban J connectivity index is 2.94. The number of hydrogen-bond donors (Lipinski definition) is 1. The second-order valence-electron chi connectivity index (χ2n) is 4.62. The van der Waals surface area contributed by atoms with Crippen LogP contribution in [0.25, 0.3) is 0 Å². The maximum atomic E-state index is 10.4. The summed E-state index contributed by atoms with van der Waals surface area (Å²) in [6, 6.07) is 6.00. The number of nitrogens with zero attached hydrogens (tertiary/aromatic N) is 1. The molecule has 1 atom stereocenters. The van der Waals surface area contributed by atoms with Gasteiger partial charge in [0.25, 0.3) is 5.69 Å². The summed E-state index contributed by atoms with van der Waals surface area (Å²) < 4.78 is 0. The normalized spacial score (nSPS) is 13.6. The number of nitro groups is 1. The fraction of sp³-hybridized carbons (Fsp3) is 0.455. The van der Waals surface area contributed by atoms with Gasteiger partial charge in [-0.05, 0) is 23.1 Å². The molecule has 0 aromatic heterocycles. The van der Waals surface area contributed by atoms with Gasteiger partial charge in [0.05, 0.1) is 11.0 Å². The van der Waals surface area contributed by atoms with Gasteiger partial charge in [0.2, 0.25) is 0 Å². The smallest absolute Gasteiger partial charge is 0.269 e. The van der Waals surface area contributed by atoms with Crippen LogP contribution in [0.15, 0.2) is 24.3 Å². The number of non-ortho nitro benzene ring substituents is 1. The highest BCUT2D eigenvalue weighted by Gasteiger charge is 2.23. The molecular formula is C11H15NO3. The van der Waals surface area contributed by atoms with Crippen molar-refractivity contribution in [2.45, 2.75) is 26.9 Å². The Bertz CT molecular complexity index is 351. The van der Waals surface area contributed by atoms with Crippen LogP contribution in [0.2, 0.25) is 0 Å². The third-order valence-corrected chi connectivity index (χ3v) is 2.24. The molecule has 0 saturated carbocycles. The summed E-state index contributed by atoms with van der Waals surface area (Å²) >= 11 is 0. The molecular weight excluding hydrogens is 194 g/mol. The summed E-state index contributed by atoms with van der Waals surface area (Å²) in [7, 11) is 0. The fourth-order valence-electron chi connectivity index (χ4n) is 1.28. The number of rotatable bonds is 2. The van der Waals surface area contributed by atoms with Crippen molar-refractivity contribution in [2.75, 3.05) is 0 Å². The van der Waals surface area contributed by atoms with E-state index < -0.39 is 11.0 Å². The van der Waals surface area contributed by atoms with Crippen molar-refractivity contribution < 1.29 is 10.0 Å². The molecule has 0 saturated heterocycles. The van der Waals surface area contributed by atoms with Crippen molar-refractivity contribution in [1.82, 2.24) is 0 Å². The SMILES string of the molecule is CC(C)(C)C(O)c1ccc([N+](=O)[O-])cc1. The number of aliphatic hydroxyl groups excluding tert-OH is 1. The topological polar surface area (TPSA) is 63.4 Å². The van der Waals surface area contributed by atoms with Crippen molar-refractivity contribution >= 4 is 5.69 Å². The summed E-state index contributed by atoms with van der Waals surface area (Å²) in [6.07, 6.45) is -0.613. The van der Waals surface area contributed by atoms with E-state index >= 15 is 0 Å². The minimum absolute atomic E-state index is 0.0415. The summed E-state index contributed by atoms with van der Waals surface area (Å²) in [4.78, 5) is 9.97. The molecule has 0 amide bonds. The largest absolute Gasteiger partial charge is 0.388 e. The lowest BCUT2D eigenvalue weighted by atomic mass is 9.85. The zero-order valence-electron chi connectivity index (χ0n) is 9.10. The standard InChI is InChI=1S/C11H15NO3/c1-11(2,3)10(13)8-4-6-9(7-5-8)12(14)15/h4-7,10,13H,1-3H3. The molecule has 4 nitrogen and oxygen atoms in total. The van der Waals surface area contributed by atoms with E-state index in [1.54, 1.807) is 12.1 Å². The summed E-state index contributed by atoms with van der Waals surface area (Å²) in [5.74, 6) is 0. The summed E-state index contributed by atoms with van der Waals surface area (Å²) in [5.41, 5.74) is 0.476. The lowest BCUT2D eigenvalue weighted by molar-refractivity contribution is -0.384. The Hall–Kier alpha value is -1.42. The highest BCUT2D eigenvalue weighted by molar-refractivity contribution is 5.34. The van der Waals surface area contributed by atoms with Crippen LogP contribution in [0, 0.1) is 15.5 Å². The number of hydrogen-bond acceptors (Lipinski definition) is 3. The summed E-state index contributed by atoms with van der Waals surface area (Å²) in [6.45, 7) is 5.75. The minimum Gasteiger partial charge on any atom is -0.388 e. The molecule has 0 spiro atoms. The molecule has 0 aliphatic rings. The minimum atomic E-state index is -0.613. The van der Waals surface area contributed by atoms with Crippen LogP contribution in [0.4, 0.5) is 5.69 Å². The van der Waals surface area contributed by atoms with E-state index in [0.29, 0.717) is 5.56 Å². The molecule has 15 heavy (non-hydrogen) atoms. The van der Waals surface area contributed by atoms with Crippen LogP contribution in [0.5, 0.6) is 0 Å². The van der Waals surface area contributed by atoms with Crippen LogP contribution in [-0.4, -0.2) is 10.0 Å². The molecule has 0 fully saturated rings. The van der Waals surface area contributed by atoms with Gasteiger partial charge in [-0.15, -0.1) is 0 Å². The van der Waals surface area contributed by atoms with E-state index in [9.17, 15) is 15.2 Å². The third-order valence-electron chi connectivity index (χ3n) is 2.24. The highest BCUT2D eigenvalue weighted by Crippen LogP contribution is 2.32. The van der Waals surface area contributed by atoms with Gasteiger partial charge in [-0.2, -0.15) is 0 Å². The van der Waals surface area contributed by atoms with E-state index in [4.69, 9.17) is 0 Å². The molecule has 1 aromatic rings. The third kappa shape index (κ3) is 2.76. The van der Waals surface area contributed by atoms with Gasteiger partial charge in [0.15, 0.2) is 0 Å². The van der Waals surface area contributed by atoms with E-state index in [1.807, 2.05) is 20.8 Å². The van der Waals surface area contributed by atoms with Crippen LogP contribution in [0.1, 0.15) is 32.4 Å². The lowest BCUT2D eigenvalue weighted by Gasteiger charge is -2.25. The quantitative estimate of drug-likeness (QED) is 0.601. The van der Waals surface area contributed by atoms with E-state index in [-0.39, 0.29) is 11.1 Å². The number of nitro benzene ring substituents is 1. The highest BCUT2D eigenvalue weighted by atomic mass is 16.6. The number of aliphatic hydroxyl groups is 1. The molecule has 0 radical (unpaired) electrons. The molecule has 0 heterocycles.